The summed E-state index contributed by atoms with van der Waals surface area (Å²) in [7, 11) is 7.29. The number of nitrogens with one attached hydrogen (secondary N) is 2. The number of methoxy groups -OCH3 is 1. The molecule has 0 saturated heterocycles. The summed E-state index contributed by atoms with van der Waals surface area (Å²) in [5.74, 6) is -0.0446. The Balaban J connectivity index is -0.000000212. The molecule has 0 saturated carbocycles. The normalized spacial score (nSPS) is 8.17. The Morgan fingerprint density at radius 1 is 1.33 bits per heavy atom. The molecule has 0 aromatic rings. The summed E-state index contributed by atoms with van der Waals surface area (Å²) in [4.78, 5) is 21.1. The highest BCUT2D eigenvalue weighted by Crippen LogP contribution is 1.84. The summed E-state index contributed by atoms with van der Waals surface area (Å²) >= 11 is 0. The zero-order valence-electron chi connectivity index (χ0n) is 12.3. The van der Waals surface area contributed by atoms with Crippen LogP contribution in [0.1, 0.15) is 20.3 Å². The van der Waals surface area contributed by atoms with Crippen molar-refractivity contribution in [2.45, 2.75) is 20.3 Å². The van der Waals surface area contributed by atoms with Crippen molar-refractivity contribution in [3.8, 4) is 0 Å². The Bertz CT molecular complexity index is 237. The van der Waals surface area contributed by atoms with Crippen molar-refractivity contribution in [1.29, 1.82) is 0 Å². The van der Waals surface area contributed by atoms with E-state index < -0.39 is 6.16 Å². The summed E-state index contributed by atoms with van der Waals surface area (Å²) in [5.41, 5.74) is 0.573. The highest BCUT2D eigenvalue weighted by molar-refractivity contribution is 5.91. The first-order valence-corrected chi connectivity index (χ1v) is 5.64. The lowest BCUT2D eigenvalue weighted by atomic mass is 10.3. The fraction of sp³-hybridized carbons (Fsp3) is 0.667. The average molecular weight is 262 g/mol. The van der Waals surface area contributed by atoms with Gasteiger partial charge in [0.1, 0.15) is 0 Å². The van der Waals surface area contributed by atoms with E-state index in [0.29, 0.717) is 5.57 Å². The highest BCUT2D eigenvalue weighted by Gasteiger charge is 1.96. The van der Waals surface area contributed by atoms with Crippen LogP contribution in [0.5, 0.6) is 0 Å². The molecule has 1 amide bonds. The van der Waals surface area contributed by atoms with Gasteiger partial charge in [-0.25, -0.2) is 0 Å². The summed E-state index contributed by atoms with van der Waals surface area (Å²) < 4.78 is 3.56. The molecule has 6 nitrogen and oxygen atoms in total. The number of ether oxygens (including phenoxy) is 1. The van der Waals surface area contributed by atoms with Gasteiger partial charge in [0.2, 0.25) is 5.91 Å². The lowest BCUT2D eigenvalue weighted by molar-refractivity contribution is -0.836. The molecule has 0 heterocycles. The fourth-order valence-corrected chi connectivity index (χ4v) is 0.389. The molecule has 0 bridgehead atoms. The third-order valence-corrected chi connectivity index (χ3v) is 1.09. The second kappa shape index (κ2) is 15.4. The Labute approximate surface area is 110 Å². The standard InChI is InChI=1S/C7H13NO.C3H9N.C2H4O3/c1-4-5-8-7(9)6(2)3;1-4(2)3;1-5-2(3)4/h2,4-5H2,1,3H3,(H,8,9);1-3H3;1H3,(H,3,4). The lowest BCUT2D eigenvalue weighted by Gasteiger charge is -1.99. The lowest BCUT2D eigenvalue weighted by Crippen LogP contribution is -3.02. The van der Waals surface area contributed by atoms with E-state index in [4.69, 9.17) is 9.90 Å². The minimum absolute atomic E-state index is 0.0446. The Morgan fingerprint density at radius 3 is 1.83 bits per heavy atom. The summed E-state index contributed by atoms with van der Waals surface area (Å²) in [6.07, 6.45) is -0.524. The van der Waals surface area contributed by atoms with E-state index in [1.807, 2.05) is 6.92 Å². The summed E-state index contributed by atoms with van der Waals surface area (Å²) in [6.45, 7) is 7.95. The molecule has 0 aromatic carbocycles. The number of hydrogen-bond donors (Lipinski definition) is 2. The quantitative estimate of drug-likeness (QED) is 0.496. The molecule has 108 valence electrons. The molecule has 0 spiro atoms. The van der Waals surface area contributed by atoms with Gasteiger partial charge in [0.25, 0.3) is 6.16 Å². The highest BCUT2D eigenvalue weighted by atomic mass is 16.6. The van der Waals surface area contributed by atoms with Crippen LogP contribution >= 0.6 is 0 Å². The molecule has 18 heavy (non-hydrogen) atoms. The van der Waals surface area contributed by atoms with Gasteiger partial charge in [-0.1, -0.05) is 13.5 Å². The molecular weight excluding hydrogens is 236 g/mol. The van der Waals surface area contributed by atoms with Gasteiger partial charge in [-0.3, -0.25) is 4.79 Å². The monoisotopic (exact) mass is 262 g/mol. The van der Waals surface area contributed by atoms with Crippen LogP contribution in [0.25, 0.3) is 0 Å². The van der Waals surface area contributed by atoms with Gasteiger partial charge in [0, 0.05) is 19.2 Å². The molecule has 2 N–H and O–H groups in total. The molecule has 0 aliphatic rings. The molecule has 0 atom stereocenters. The van der Waals surface area contributed by atoms with Gasteiger partial charge in [-0.15, -0.1) is 0 Å². The third kappa shape index (κ3) is 36.6. The zero-order chi connectivity index (χ0) is 15.1. The predicted molar refractivity (Wildman–Crippen MR) is 69.3 cm³/mol. The third-order valence-electron chi connectivity index (χ3n) is 1.09. The van der Waals surface area contributed by atoms with E-state index in [1.54, 1.807) is 6.92 Å². The van der Waals surface area contributed by atoms with E-state index >= 15 is 0 Å². The first-order valence-electron chi connectivity index (χ1n) is 5.64. The molecule has 6 heteroatoms. The predicted octanol–water partition coefficient (Wildman–Crippen LogP) is -1.17. The van der Waals surface area contributed by atoms with E-state index in [-0.39, 0.29) is 5.91 Å². The van der Waals surface area contributed by atoms with E-state index in [2.05, 4.69) is 37.8 Å². The minimum atomic E-state index is -1.50. The van der Waals surface area contributed by atoms with Crippen LogP contribution in [0.3, 0.4) is 0 Å². The Morgan fingerprint density at radius 2 is 1.67 bits per heavy atom. The van der Waals surface area contributed by atoms with Gasteiger partial charge >= 0.3 is 0 Å². The van der Waals surface area contributed by atoms with Gasteiger partial charge in [-0.05, 0) is 13.3 Å². The van der Waals surface area contributed by atoms with Crippen molar-refractivity contribution in [3.63, 3.8) is 0 Å². The number of amides is 1. The fourth-order valence-electron chi connectivity index (χ4n) is 0.389. The molecule has 0 aliphatic heterocycles. The second-order valence-corrected chi connectivity index (χ2v) is 3.99. The van der Waals surface area contributed by atoms with Crippen LogP contribution in [0.15, 0.2) is 12.2 Å². The Kier molecular flexibility index (Phi) is 18.6. The molecule has 0 aromatic heterocycles. The first-order chi connectivity index (χ1) is 8.18. The summed E-state index contributed by atoms with van der Waals surface area (Å²) in [6, 6.07) is 0. The number of carbonyl (C=O) groups is 2. The average Bonchev–Trinajstić information content (AvgIpc) is 2.25. The molecule has 0 fully saturated rings. The minimum Gasteiger partial charge on any atom is -0.553 e. The second-order valence-electron chi connectivity index (χ2n) is 3.99. The van der Waals surface area contributed by atoms with E-state index in [9.17, 15) is 4.79 Å². The zero-order valence-corrected chi connectivity index (χ0v) is 12.3. The van der Waals surface area contributed by atoms with Crippen LogP contribution in [0, 0.1) is 0 Å². The van der Waals surface area contributed by atoms with Gasteiger partial charge in [-0.2, -0.15) is 0 Å². The van der Waals surface area contributed by atoms with Crippen molar-refractivity contribution in [2.24, 2.45) is 0 Å². The van der Waals surface area contributed by atoms with Gasteiger partial charge < -0.3 is 24.9 Å². The number of hydrogen-bond acceptors (Lipinski definition) is 4. The van der Waals surface area contributed by atoms with Crippen LogP contribution in [-0.4, -0.2) is 46.9 Å². The topological polar surface area (TPSA) is 82.9 Å². The molecule has 0 aliphatic carbocycles. The van der Waals surface area contributed by atoms with E-state index in [0.717, 1.165) is 20.1 Å². The van der Waals surface area contributed by atoms with Crippen molar-refractivity contribution >= 4 is 12.1 Å². The largest absolute Gasteiger partial charge is 0.553 e. The van der Waals surface area contributed by atoms with Gasteiger partial charge in [0.15, 0.2) is 0 Å². The number of carboxylic acid groups (broad SMARTS) is 1. The number of quaternary nitrogens is 1. The van der Waals surface area contributed by atoms with Crippen LogP contribution in [-0.2, 0) is 9.53 Å². The van der Waals surface area contributed by atoms with Crippen molar-refractivity contribution in [1.82, 2.24) is 5.32 Å². The van der Waals surface area contributed by atoms with Crippen LogP contribution in [0.2, 0.25) is 0 Å². The first kappa shape index (κ1) is 21.7. The number of rotatable bonds is 3. The van der Waals surface area contributed by atoms with Crippen molar-refractivity contribution in [3.05, 3.63) is 12.2 Å². The van der Waals surface area contributed by atoms with Crippen molar-refractivity contribution < 1.29 is 24.3 Å². The molecule has 0 unspecified atom stereocenters. The maximum atomic E-state index is 10.7. The van der Waals surface area contributed by atoms with Crippen LogP contribution in [0.4, 0.5) is 4.79 Å². The van der Waals surface area contributed by atoms with Crippen LogP contribution < -0.4 is 15.3 Å². The van der Waals surface area contributed by atoms with Crippen molar-refractivity contribution in [2.75, 3.05) is 34.8 Å². The Hall–Kier alpha value is -1.56. The van der Waals surface area contributed by atoms with E-state index in [1.165, 1.54) is 4.90 Å². The molecular formula is C12H26N2O4. The molecule has 0 rings (SSSR count). The SMILES string of the molecule is C=C(C)C(=O)NCCC.COC(=O)[O-].C[NH+](C)C. The maximum absolute atomic E-state index is 10.7. The molecule has 0 radical (unpaired) electrons. The number of carbonyl (C=O) groups excluding carboxylic acids is 2. The smallest absolute Gasteiger partial charge is 0.251 e. The summed E-state index contributed by atoms with van der Waals surface area (Å²) in [5, 5.41) is 11.7. The maximum Gasteiger partial charge on any atom is 0.251 e. The van der Waals surface area contributed by atoms with Gasteiger partial charge in [0.05, 0.1) is 21.1 Å².